The molecule has 0 aliphatic heterocycles. The van der Waals surface area contributed by atoms with Crippen LogP contribution in [0.3, 0.4) is 0 Å². The average molecular weight is 196 g/mol. The van der Waals surface area contributed by atoms with Crippen LogP contribution >= 0.6 is 0 Å². The molecule has 0 saturated carbocycles. The van der Waals surface area contributed by atoms with E-state index in [1.54, 1.807) is 0 Å². The van der Waals surface area contributed by atoms with E-state index >= 15 is 0 Å². The Bertz CT molecular complexity index is 229. The van der Waals surface area contributed by atoms with Crippen molar-refractivity contribution >= 4 is 0 Å². The monoisotopic (exact) mass is 196 g/mol. The van der Waals surface area contributed by atoms with Gasteiger partial charge in [-0.25, -0.2) is 0 Å². The van der Waals surface area contributed by atoms with Crippen LogP contribution in [0, 0.1) is 0 Å². The van der Waals surface area contributed by atoms with E-state index in [2.05, 4.69) is 27.7 Å². The first-order valence-corrected chi connectivity index (χ1v) is 5.30. The minimum absolute atomic E-state index is 0.769. The Morgan fingerprint density at radius 1 is 0.929 bits per heavy atom. The SMILES string of the molecule is CC(C)=C(N)C(CCCCN)=C(C)C. The zero-order chi connectivity index (χ0) is 11.1. The van der Waals surface area contributed by atoms with E-state index in [-0.39, 0.29) is 0 Å². The van der Waals surface area contributed by atoms with Crippen molar-refractivity contribution in [1.29, 1.82) is 0 Å². The molecule has 0 aromatic carbocycles. The molecule has 0 atom stereocenters. The predicted molar refractivity (Wildman–Crippen MR) is 63.8 cm³/mol. The van der Waals surface area contributed by atoms with Gasteiger partial charge < -0.3 is 11.5 Å². The molecule has 0 fully saturated rings. The van der Waals surface area contributed by atoms with Crippen LogP contribution in [0.15, 0.2) is 22.4 Å². The third kappa shape index (κ3) is 4.47. The summed E-state index contributed by atoms with van der Waals surface area (Å²) >= 11 is 0. The van der Waals surface area contributed by atoms with Gasteiger partial charge in [-0.05, 0) is 59.1 Å². The molecular formula is C12H24N2. The van der Waals surface area contributed by atoms with Crippen molar-refractivity contribution < 1.29 is 0 Å². The number of hydrogen-bond acceptors (Lipinski definition) is 2. The molecule has 82 valence electrons. The van der Waals surface area contributed by atoms with Gasteiger partial charge in [0.1, 0.15) is 0 Å². The molecule has 0 spiro atoms. The number of hydrogen-bond donors (Lipinski definition) is 2. The molecule has 0 rings (SSSR count). The topological polar surface area (TPSA) is 52.0 Å². The van der Waals surface area contributed by atoms with Gasteiger partial charge in [-0.3, -0.25) is 0 Å². The summed E-state index contributed by atoms with van der Waals surface area (Å²) < 4.78 is 0. The lowest BCUT2D eigenvalue weighted by Crippen LogP contribution is -2.06. The van der Waals surface area contributed by atoms with Crippen molar-refractivity contribution in [3.63, 3.8) is 0 Å². The molecule has 0 radical (unpaired) electrons. The van der Waals surface area contributed by atoms with E-state index in [9.17, 15) is 0 Å². The molecule has 2 nitrogen and oxygen atoms in total. The maximum Gasteiger partial charge on any atom is 0.0332 e. The van der Waals surface area contributed by atoms with Crippen molar-refractivity contribution in [3.05, 3.63) is 22.4 Å². The van der Waals surface area contributed by atoms with Crippen molar-refractivity contribution in [3.8, 4) is 0 Å². The lowest BCUT2D eigenvalue weighted by Gasteiger charge is -2.12. The Labute approximate surface area is 88.1 Å². The highest BCUT2D eigenvalue weighted by Crippen LogP contribution is 2.19. The Kier molecular flexibility index (Phi) is 6.30. The zero-order valence-corrected chi connectivity index (χ0v) is 9.98. The first-order chi connectivity index (χ1) is 6.50. The number of allylic oxidation sites excluding steroid dienone is 3. The van der Waals surface area contributed by atoms with E-state index in [0.717, 1.165) is 31.5 Å². The molecule has 4 N–H and O–H groups in total. The molecule has 0 aromatic rings. The second kappa shape index (κ2) is 6.66. The summed E-state index contributed by atoms with van der Waals surface area (Å²) in [6.07, 6.45) is 3.26. The molecule has 0 heterocycles. The van der Waals surface area contributed by atoms with Crippen LogP contribution in [-0.4, -0.2) is 6.54 Å². The lowest BCUT2D eigenvalue weighted by atomic mass is 9.98. The Morgan fingerprint density at radius 2 is 1.50 bits per heavy atom. The van der Waals surface area contributed by atoms with Gasteiger partial charge in [0.2, 0.25) is 0 Å². The van der Waals surface area contributed by atoms with Crippen LogP contribution in [0.5, 0.6) is 0 Å². The van der Waals surface area contributed by atoms with Crippen molar-refractivity contribution in [2.45, 2.75) is 47.0 Å². The number of unbranched alkanes of at least 4 members (excludes halogenated alkanes) is 1. The minimum Gasteiger partial charge on any atom is -0.399 e. The van der Waals surface area contributed by atoms with Gasteiger partial charge >= 0.3 is 0 Å². The normalized spacial score (nSPS) is 9.79. The van der Waals surface area contributed by atoms with Crippen molar-refractivity contribution in [2.75, 3.05) is 6.54 Å². The van der Waals surface area contributed by atoms with Gasteiger partial charge in [0.15, 0.2) is 0 Å². The highest BCUT2D eigenvalue weighted by Gasteiger charge is 2.04. The molecule has 0 saturated heterocycles. The molecule has 14 heavy (non-hydrogen) atoms. The summed E-state index contributed by atoms with van der Waals surface area (Å²) in [5, 5.41) is 0. The molecule has 0 bridgehead atoms. The minimum atomic E-state index is 0.769. The van der Waals surface area contributed by atoms with E-state index in [4.69, 9.17) is 11.5 Å². The van der Waals surface area contributed by atoms with Gasteiger partial charge in [-0.1, -0.05) is 11.1 Å². The Morgan fingerprint density at radius 3 is 1.86 bits per heavy atom. The molecule has 0 aliphatic rings. The number of rotatable bonds is 5. The summed E-state index contributed by atoms with van der Waals surface area (Å²) in [4.78, 5) is 0. The van der Waals surface area contributed by atoms with Gasteiger partial charge in [-0.2, -0.15) is 0 Å². The highest BCUT2D eigenvalue weighted by molar-refractivity contribution is 5.34. The molecule has 0 aliphatic carbocycles. The van der Waals surface area contributed by atoms with E-state index in [1.165, 1.54) is 16.7 Å². The third-order valence-electron chi connectivity index (χ3n) is 2.35. The maximum absolute atomic E-state index is 6.03. The van der Waals surface area contributed by atoms with Crippen LogP contribution in [0.2, 0.25) is 0 Å². The quantitative estimate of drug-likeness (QED) is 0.524. The largest absolute Gasteiger partial charge is 0.399 e. The van der Waals surface area contributed by atoms with Gasteiger partial charge in [-0.15, -0.1) is 0 Å². The standard InChI is InChI=1S/C12H24N2/c1-9(2)11(7-5-6-8-13)12(14)10(3)4/h5-8,13-14H2,1-4H3. The van der Waals surface area contributed by atoms with Crippen molar-refractivity contribution in [2.24, 2.45) is 11.5 Å². The molecular weight excluding hydrogens is 172 g/mol. The molecule has 0 aromatic heterocycles. The summed E-state index contributed by atoms with van der Waals surface area (Å²) in [5.41, 5.74) is 16.3. The summed E-state index contributed by atoms with van der Waals surface area (Å²) in [6.45, 7) is 9.12. The summed E-state index contributed by atoms with van der Waals surface area (Å²) in [6, 6.07) is 0. The van der Waals surface area contributed by atoms with E-state index < -0.39 is 0 Å². The van der Waals surface area contributed by atoms with Crippen LogP contribution in [0.25, 0.3) is 0 Å². The van der Waals surface area contributed by atoms with Gasteiger partial charge in [0, 0.05) is 5.70 Å². The Hall–Kier alpha value is -0.760. The molecule has 0 unspecified atom stereocenters. The fraction of sp³-hybridized carbons (Fsp3) is 0.667. The van der Waals surface area contributed by atoms with E-state index in [0.29, 0.717) is 0 Å². The van der Waals surface area contributed by atoms with Gasteiger partial charge in [0.05, 0.1) is 0 Å². The maximum atomic E-state index is 6.03. The molecule has 0 amide bonds. The van der Waals surface area contributed by atoms with Crippen LogP contribution in [-0.2, 0) is 0 Å². The van der Waals surface area contributed by atoms with Crippen LogP contribution < -0.4 is 11.5 Å². The van der Waals surface area contributed by atoms with Gasteiger partial charge in [0.25, 0.3) is 0 Å². The first-order valence-electron chi connectivity index (χ1n) is 5.30. The number of nitrogens with two attached hydrogens (primary N) is 2. The highest BCUT2D eigenvalue weighted by atomic mass is 14.6. The Balaban J connectivity index is 4.50. The van der Waals surface area contributed by atoms with Crippen LogP contribution in [0.4, 0.5) is 0 Å². The third-order valence-corrected chi connectivity index (χ3v) is 2.35. The lowest BCUT2D eigenvalue weighted by molar-refractivity contribution is 0.736. The fourth-order valence-corrected chi connectivity index (χ4v) is 1.40. The molecule has 2 heteroatoms. The first kappa shape index (κ1) is 13.2. The summed E-state index contributed by atoms with van der Waals surface area (Å²) in [5.74, 6) is 0. The zero-order valence-electron chi connectivity index (χ0n) is 9.98. The second-order valence-electron chi connectivity index (χ2n) is 4.14. The fourth-order valence-electron chi connectivity index (χ4n) is 1.40. The van der Waals surface area contributed by atoms with E-state index in [1.807, 2.05) is 0 Å². The predicted octanol–water partition coefficient (Wildman–Crippen LogP) is 2.70. The summed E-state index contributed by atoms with van der Waals surface area (Å²) in [7, 11) is 0. The average Bonchev–Trinajstić information content (AvgIpc) is 2.10. The second-order valence-corrected chi connectivity index (χ2v) is 4.14. The van der Waals surface area contributed by atoms with Crippen LogP contribution in [0.1, 0.15) is 47.0 Å². The smallest absolute Gasteiger partial charge is 0.0332 e. The van der Waals surface area contributed by atoms with Crippen molar-refractivity contribution in [1.82, 2.24) is 0 Å².